The normalized spacial score (nSPS) is 12.0. The summed E-state index contributed by atoms with van der Waals surface area (Å²) in [5.41, 5.74) is -0.556. The van der Waals surface area contributed by atoms with Gasteiger partial charge in [-0.1, -0.05) is 6.55 Å². The molecule has 0 aliphatic rings. The fourth-order valence-corrected chi connectivity index (χ4v) is 1.27. The van der Waals surface area contributed by atoms with Crippen molar-refractivity contribution in [2.24, 2.45) is 0 Å². The molecule has 0 bridgehead atoms. The van der Waals surface area contributed by atoms with E-state index >= 15 is 0 Å². The van der Waals surface area contributed by atoms with Gasteiger partial charge in [-0.2, -0.15) is 0 Å². The van der Waals surface area contributed by atoms with Crippen molar-refractivity contribution in [1.29, 1.82) is 0 Å². The third kappa shape index (κ3) is 2.06. The maximum atomic E-state index is 5.06. The second-order valence-electron chi connectivity index (χ2n) is 1.52. The Labute approximate surface area is 58.6 Å². The Hall–Kier alpha value is 0.0969. The standard InChI is InChI=1S/C5H13NO2Si/c1-6-5(7-2,8-3)9-4/h6H,1-4H3. The number of nitrogens with one attached hydrogen (secondary N) is 1. The van der Waals surface area contributed by atoms with Crippen molar-refractivity contribution in [2.45, 2.75) is 12.1 Å². The first kappa shape index (κ1) is 9.10. The molecule has 0 aliphatic carbocycles. The molecular weight excluding hydrogens is 134 g/mol. The predicted molar refractivity (Wildman–Crippen MR) is 37.4 cm³/mol. The minimum Gasteiger partial charge on any atom is -0.345 e. The zero-order chi connectivity index (χ0) is 7.33. The van der Waals surface area contributed by atoms with Crippen LogP contribution in [0.4, 0.5) is 0 Å². The second kappa shape index (κ2) is 4.00. The van der Waals surface area contributed by atoms with Crippen LogP contribution in [0, 0.1) is 0 Å². The van der Waals surface area contributed by atoms with E-state index in [0.29, 0.717) is 9.52 Å². The van der Waals surface area contributed by atoms with Gasteiger partial charge in [0.2, 0.25) is 0 Å². The first-order valence-electron chi connectivity index (χ1n) is 2.72. The topological polar surface area (TPSA) is 30.5 Å². The molecule has 0 aliphatic heterocycles. The van der Waals surface area contributed by atoms with Gasteiger partial charge in [0.05, 0.1) is 0 Å². The molecule has 0 amide bonds. The van der Waals surface area contributed by atoms with Crippen LogP contribution in [-0.2, 0) is 9.47 Å². The second-order valence-corrected chi connectivity index (χ2v) is 2.68. The van der Waals surface area contributed by atoms with Crippen LogP contribution in [-0.4, -0.2) is 36.3 Å². The minimum absolute atomic E-state index is 0.556. The summed E-state index contributed by atoms with van der Waals surface area (Å²) in [7, 11) is 5.62. The van der Waals surface area contributed by atoms with Crippen LogP contribution in [0.15, 0.2) is 0 Å². The Morgan fingerprint density at radius 3 is 1.78 bits per heavy atom. The van der Waals surface area contributed by atoms with Crippen molar-refractivity contribution in [3.63, 3.8) is 0 Å². The van der Waals surface area contributed by atoms with Gasteiger partial charge in [-0.25, -0.2) is 0 Å². The molecule has 0 aromatic carbocycles. The van der Waals surface area contributed by atoms with Crippen LogP contribution in [0.1, 0.15) is 0 Å². The highest BCUT2D eigenvalue weighted by Crippen LogP contribution is 2.01. The van der Waals surface area contributed by atoms with Crippen LogP contribution in [0.25, 0.3) is 0 Å². The molecule has 1 N–H and O–H groups in total. The van der Waals surface area contributed by atoms with E-state index in [0.717, 1.165) is 0 Å². The minimum atomic E-state index is -0.556. The molecule has 4 heteroatoms. The molecule has 0 fully saturated rings. The van der Waals surface area contributed by atoms with Gasteiger partial charge in [0.1, 0.15) is 9.52 Å². The molecule has 0 spiro atoms. The molecule has 0 aromatic rings. The van der Waals surface area contributed by atoms with E-state index in [4.69, 9.17) is 9.47 Å². The zero-order valence-corrected chi connectivity index (χ0v) is 7.32. The maximum absolute atomic E-state index is 5.06. The summed E-state index contributed by atoms with van der Waals surface area (Å²) in [5, 5.41) is 2.93. The van der Waals surface area contributed by atoms with Gasteiger partial charge in [-0.15, -0.1) is 0 Å². The van der Waals surface area contributed by atoms with E-state index in [1.807, 2.05) is 13.6 Å². The summed E-state index contributed by atoms with van der Waals surface area (Å²) in [6, 6.07) is 0. The van der Waals surface area contributed by atoms with Gasteiger partial charge in [0, 0.05) is 14.2 Å². The van der Waals surface area contributed by atoms with E-state index in [2.05, 4.69) is 5.32 Å². The van der Waals surface area contributed by atoms with Crippen molar-refractivity contribution in [1.82, 2.24) is 5.32 Å². The van der Waals surface area contributed by atoms with Gasteiger partial charge >= 0.3 is 0 Å². The third-order valence-corrected chi connectivity index (χ3v) is 2.55. The van der Waals surface area contributed by atoms with Crippen molar-refractivity contribution < 1.29 is 9.47 Å². The summed E-state index contributed by atoms with van der Waals surface area (Å²) in [4.78, 5) is 0. The highest BCUT2D eigenvalue weighted by Gasteiger charge is 2.24. The Morgan fingerprint density at radius 2 is 1.78 bits per heavy atom. The summed E-state index contributed by atoms with van der Waals surface area (Å²) < 4.78 is 10.1. The average molecular weight is 147 g/mol. The highest BCUT2D eigenvalue weighted by molar-refractivity contribution is 6.36. The lowest BCUT2D eigenvalue weighted by molar-refractivity contribution is -0.161. The fourth-order valence-electron chi connectivity index (χ4n) is 0.617. The molecule has 0 unspecified atom stereocenters. The highest BCUT2D eigenvalue weighted by atomic mass is 28.2. The van der Waals surface area contributed by atoms with Crippen molar-refractivity contribution in [2.75, 3.05) is 21.3 Å². The van der Waals surface area contributed by atoms with Gasteiger partial charge in [-0.3, -0.25) is 5.32 Å². The maximum Gasteiger partial charge on any atom is 0.199 e. The van der Waals surface area contributed by atoms with Crippen LogP contribution in [0.2, 0.25) is 6.55 Å². The van der Waals surface area contributed by atoms with E-state index in [-0.39, 0.29) is 0 Å². The molecule has 54 valence electrons. The van der Waals surface area contributed by atoms with Crippen LogP contribution < -0.4 is 5.32 Å². The Bertz CT molecular complexity index is 57.8. The molecule has 9 heavy (non-hydrogen) atoms. The largest absolute Gasteiger partial charge is 0.345 e. The SMILES string of the molecule is CNC(OC)(OC)[Si]C. The Morgan fingerprint density at radius 1 is 1.33 bits per heavy atom. The van der Waals surface area contributed by atoms with Gasteiger partial charge in [0.25, 0.3) is 0 Å². The molecular formula is C5H13NO2Si. The quantitative estimate of drug-likeness (QED) is 0.443. The average Bonchev–Trinajstić information content (AvgIpc) is 1.95. The van der Waals surface area contributed by atoms with Crippen molar-refractivity contribution in [3.05, 3.63) is 0 Å². The molecule has 0 atom stereocenters. The summed E-state index contributed by atoms with van der Waals surface area (Å²) in [6.07, 6.45) is 0. The molecule has 0 saturated carbocycles. The number of rotatable bonds is 4. The Kier molecular flexibility index (Phi) is 4.04. The molecule has 0 aromatic heterocycles. The summed E-state index contributed by atoms with van der Waals surface area (Å²) in [5.74, 6) is 0. The van der Waals surface area contributed by atoms with E-state index < -0.39 is 5.53 Å². The molecule has 2 radical (unpaired) electrons. The number of hydrogen-bond donors (Lipinski definition) is 1. The number of hydrogen-bond acceptors (Lipinski definition) is 3. The number of ether oxygens (including phenoxy) is 2. The van der Waals surface area contributed by atoms with Crippen molar-refractivity contribution in [3.8, 4) is 0 Å². The van der Waals surface area contributed by atoms with Gasteiger partial charge in [-0.05, 0) is 7.05 Å². The molecule has 0 rings (SSSR count). The Balaban J connectivity index is 3.82. The summed E-state index contributed by atoms with van der Waals surface area (Å²) in [6.45, 7) is 2.02. The molecule has 0 heterocycles. The van der Waals surface area contributed by atoms with E-state index in [1.54, 1.807) is 14.2 Å². The lowest BCUT2D eigenvalue weighted by Crippen LogP contribution is -2.50. The van der Waals surface area contributed by atoms with Crippen molar-refractivity contribution >= 4 is 9.52 Å². The monoisotopic (exact) mass is 147 g/mol. The van der Waals surface area contributed by atoms with E-state index in [1.165, 1.54) is 0 Å². The zero-order valence-electron chi connectivity index (χ0n) is 6.32. The third-order valence-electron chi connectivity index (χ3n) is 1.23. The first-order chi connectivity index (χ1) is 4.24. The summed E-state index contributed by atoms with van der Waals surface area (Å²) >= 11 is 0. The molecule has 3 nitrogen and oxygen atoms in total. The fraction of sp³-hybridized carbons (Fsp3) is 1.00. The van der Waals surface area contributed by atoms with Crippen LogP contribution in [0.5, 0.6) is 0 Å². The lowest BCUT2D eigenvalue weighted by Gasteiger charge is -2.28. The van der Waals surface area contributed by atoms with E-state index in [9.17, 15) is 0 Å². The van der Waals surface area contributed by atoms with Crippen LogP contribution in [0.3, 0.4) is 0 Å². The number of methoxy groups -OCH3 is 2. The first-order valence-corrected chi connectivity index (χ1v) is 4.22. The lowest BCUT2D eigenvalue weighted by atomic mass is 11.0. The van der Waals surface area contributed by atoms with Crippen LogP contribution >= 0.6 is 0 Å². The predicted octanol–water partition coefficient (Wildman–Crippen LogP) is -0.138. The van der Waals surface area contributed by atoms with Gasteiger partial charge < -0.3 is 9.47 Å². The molecule has 0 saturated heterocycles. The van der Waals surface area contributed by atoms with Gasteiger partial charge in [0.15, 0.2) is 5.53 Å². The smallest absolute Gasteiger partial charge is 0.199 e.